The highest BCUT2D eigenvalue weighted by atomic mass is 32.1. The van der Waals surface area contributed by atoms with E-state index in [9.17, 15) is 4.79 Å². The van der Waals surface area contributed by atoms with Crippen LogP contribution in [-0.4, -0.2) is 16.4 Å². The van der Waals surface area contributed by atoms with Gasteiger partial charge in [-0.3, -0.25) is 4.79 Å². The Morgan fingerprint density at radius 1 is 1.35 bits per heavy atom. The average molecular weight is 289 g/mol. The highest BCUT2D eigenvalue weighted by Gasteiger charge is 2.22. The van der Waals surface area contributed by atoms with Crippen LogP contribution in [0.3, 0.4) is 0 Å². The number of amides is 1. The van der Waals surface area contributed by atoms with Gasteiger partial charge in [0.05, 0.1) is 11.2 Å². The highest BCUT2D eigenvalue weighted by Crippen LogP contribution is 2.25. The maximum absolute atomic E-state index is 11.8. The first kappa shape index (κ1) is 14.7. The molecule has 1 aromatic heterocycles. The topological polar surface area (TPSA) is 68.0 Å². The molecular weight excluding hydrogens is 270 g/mol. The minimum absolute atomic E-state index is 0.236. The summed E-state index contributed by atoms with van der Waals surface area (Å²) in [6, 6.07) is 8.28. The molecule has 0 aliphatic heterocycles. The monoisotopic (exact) mass is 289 g/mol. The van der Waals surface area contributed by atoms with E-state index in [0.717, 1.165) is 17.7 Å². The van der Waals surface area contributed by atoms with Crippen LogP contribution in [0, 0.1) is 0 Å². The van der Waals surface area contributed by atoms with Gasteiger partial charge in [0, 0.05) is 10.9 Å². The Morgan fingerprint density at radius 2 is 2.00 bits per heavy atom. The van der Waals surface area contributed by atoms with Crippen LogP contribution >= 0.6 is 11.3 Å². The van der Waals surface area contributed by atoms with Gasteiger partial charge in [-0.1, -0.05) is 31.2 Å². The SMILES string of the molecule is CCc1ccc(-c2csc(NC(=O)C(C)(C)N)n2)cc1. The third-order valence-corrected chi connectivity index (χ3v) is 3.73. The molecule has 0 aliphatic carbocycles. The molecule has 0 radical (unpaired) electrons. The predicted molar refractivity (Wildman–Crippen MR) is 83.8 cm³/mol. The van der Waals surface area contributed by atoms with E-state index >= 15 is 0 Å². The molecule has 0 spiro atoms. The zero-order chi connectivity index (χ0) is 14.8. The number of thiazole rings is 1. The number of hydrogen-bond acceptors (Lipinski definition) is 4. The molecule has 0 aliphatic rings. The smallest absolute Gasteiger partial charge is 0.245 e. The van der Waals surface area contributed by atoms with E-state index in [1.54, 1.807) is 13.8 Å². The number of rotatable bonds is 4. The number of nitrogens with two attached hydrogens (primary N) is 1. The van der Waals surface area contributed by atoms with Crippen LogP contribution < -0.4 is 11.1 Å². The Morgan fingerprint density at radius 3 is 2.55 bits per heavy atom. The average Bonchev–Trinajstić information content (AvgIpc) is 2.86. The molecule has 2 aromatic rings. The molecule has 0 fully saturated rings. The normalized spacial score (nSPS) is 11.4. The molecule has 0 atom stereocenters. The summed E-state index contributed by atoms with van der Waals surface area (Å²) in [5.41, 5.74) is 8.04. The number of nitrogens with one attached hydrogen (secondary N) is 1. The molecule has 4 nitrogen and oxygen atoms in total. The van der Waals surface area contributed by atoms with Crippen molar-refractivity contribution < 1.29 is 4.79 Å². The summed E-state index contributed by atoms with van der Waals surface area (Å²) in [5, 5.41) is 5.24. The lowest BCUT2D eigenvalue weighted by Gasteiger charge is -2.16. The van der Waals surface area contributed by atoms with E-state index in [-0.39, 0.29) is 5.91 Å². The molecule has 0 unspecified atom stereocenters. The van der Waals surface area contributed by atoms with Gasteiger partial charge in [0.15, 0.2) is 5.13 Å². The lowest BCUT2D eigenvalue weighted by atomic mass is 10.1. The van der Waals surface area contributed by atoms with Crippen molar-refractivity contribution in [2.24, 2.45) is 5.73 Å². The van der Waals surface area contributed by atoms with Gasteiger partial charge in [-0.05, 0) is 25.8 Å². The highest BCUT2D eigenvalue weighted by molar-refractivity contribution is 7.14. The zero-order valence-electron chi connectivity index (χ0n) is 11.9. The van der Waals surface area contributed by atoms with Crippen molar-refractivity contribution in [2.45, 2.75) is 32.7 Å². The molecule has 3 N–H and O–H groups in total. The molecule has 1 amide bonds. The van der Waals surface area contributed by atoms with Gasteiger partial charge >= 0.3 is 0 Å². The van der Waals surface area contributed by atoms with E-state index in [2.05, 4.69) is 29.4 Å². The number of hydrogen-bond donors (Lipinski definition) is 2. The van der Waals surface area contributed by atoms with Crippen molar-refractivity contribution in [1.82, 2.24) is 4.98 Å². The van der Waals surface area contributed by atoms with Gasteiger partial charge in [-0.2, -0.15) is 0 Å². The number of carbonyl (C=O) groups excluding carboxylic acids is 1. The lowest BCUT2D eigenvalue weighted by Crippen LogP contribution is -2.45. The van der Waals surface area contributed by atoms with Crippen molar-refractivity contribution >= 4 is 22.4 Å². The van der Waals surface area contributed by atoms with E-state index in [1.165, 1.54) is 16.9 Å². The fourth-order valence-electron chi connectivity index (χ4n) is 1.63. The van der Waals surface area contributed by atoms with Crippen LogP contribution in [0.25, 0.3) is 11.3 Å². The number of aryl methyl sites for hydroxylation is 1. The second-order valence-corrected chi connectivity index (χ2v) is 6.12. The summed E-state index contributed by atoms with van der Waals surface area (Å²) in [6.45, 7) is 5.46. The van der Waals surface area contributed by atoms with Crippen LogP contribution in [0.15, 0.2) is 29.6 Å². The van der Waals surface area contributed by atoms with Crippen molar-refractivity contribution in [1.29, 1.82) is 0 Å². The van der Waals surface area contributed by atoms with Crippen LogP contribution in [0.2, 0.25) is 0 Å². The van der Waals surface area contributed by atoms with Crippen LogP contribution in [-0.2, 0) is 11.2 Å². The van der Waals surface area contributed by atoms with Gasteiger partial charge in [0.2, 0.25) is 5.91 Å². The largest absolute Gasteiger partial charge is 0.318 e. The Kier molecular flexibility index (Phi) is 4.20. The van der Waals surface area contributed by atoms with Gasteiger partial charge in [-0.15, -0.1) is 11.3 Å². The molecule has 1 heterocycles. The van der Waals surface area contributed by atoms with E-state index in [4.69, 9.17) is 5.73 Å². The number of benzene rings is 1. The summed E-state index contributed by atoms with van der Waals surface area (Å²) in [6.07, 6.45) is 1.02. The molecule has 0 bridgehead atoms. The predicted octanol–water partition coefficient (Wildman–Crippen LogP) is 3.05. The molecule has 106 valence electrons. The number of nitrogens with zero attached hydrogens (tertiary/aromatic N) is 1. The Labute approximate surface area is 123 Å². The van der Waals surface area contributed by atoms with Crippen molar-refractivity contribution in [2.75, 3.05) is 5.32 Å². The second-order valence-electron chi connectivity index (χ2n) is 5.26. The molecule has 0 saturated heterocycles. The van der Waals surface area contributed by atoms with Gasteiger partial charge in [0.1, 0.15) is 0 Å². The minimum atomic E-state index is -0.908. The first-order valence-corrected chi connectivity index (χ1v) is 7.43. The molecule has 5 heteroatoms. The Hall–Kier alpha value is -1.72. The number of aromatic nitrogens is 1. The number of carbonyl (C=O) groups is 1. The lowest BCUT2D eigenvalue weighted by molar-refractivity contribution is -0.120. The van der Waals surface area contributed by atoms with E-state index in [0.29, 0.717) is 5.13 Å². The van der Waals surface area contributed by atoms with Crippen LogP contribution in [0.5, 0.6) is 0 Å². The Balaban J connectivity index is 2.14. The van der Waals surface area contributed by atoms with Gasteiger partial charge in [-0.25, -0.2) is 4.98 Å². The first-order valence-electron chi connectivity index (χ1n) is 6.55. The van der Waals surface area contributed by atoms with E-state index in [1.807, 2.05) is 17.5 Å². The molecule has 2 rings (SSSR count). The first-order chi connectivity index (χ1) is 9.40. The number of anilines is 1. The molecule has 1 aromatic carbocycles. The van der Waals surface area contributed by atoms with Crippen LogP contribution in [0.4, 0.5) is 5.13 Å². The fourth-order valence-corrected chi connectivity index (χ4v) is 2.35. The summed E-state index contributed by atoms with van der Waals surface area (Å²) in [7, 11) is 0. The summed E-state index contributed by atoms with van der Waals surface area (Å²) in [5.74, 6) is -0.236. The fraction of sp³-hybridized carbons (Fsp3) is 0.333. The van der Waals surface area contributed by atoms with Crippen LogP contribution in [0.1, 0.15) is 26.3 Å². The van der Waals surface area contributed by atoms with Gasteiger partial charge in [0.25, 0.3) is 0 Å². The molecular formula is C15H19N3OS. The maximum Gasteiger partial charge on any atom is 0.245 e. The summed E-state index contributed by atoms with van der Waals surface area (Å²) in [4.78, 5) is 16.2. The third-order valence-electron chi connectivity index (χ3n) is 2.97. The van der Waals surface area contributed by atoms with Crippen molar-refractivity contribution in [3.63, 3.8) is 0 Å². The maximum atomic E-state index is 11.8. The van der Waals surface area contributed by atoms with Crippen molar-refractivity contribution in [3.8, 4) is 11.3 Å². The molecule has 20 heavy (non-hydrogen) atoms. The second kappa shape index (κ2) is 5.73. The van der Waals surface area contributed by atoms with Gasteiger partial charge < -0.3 is 11.1 Å². The summed E-state index contributed by atoms with van der Waals surface area (Å²) >= 11 is 1.40. The zero-order valence-corrected chi connectivity index (χ0v) is 12.8. The molecule has 0 saturated carbocycles. The standard InChI is InChI=1S/C15H19N3OS/c1-4-10-5-7-11(8-6-10)12-9-20-14(17-12)18-13(19)15(2,3)16/h5-9H,4,16H2,1-3H3,(H,17,18,19). The summed E-state index contributed by atoms with van der Waals surface area (Å²) < 4.78 is 0. The Bertz CT molecular complexity index is 596. The van der Waals surface area contributed by atoms with E-state index < -0.39 is 5.54 Å². The minimum Gasteiger partial charge on any atom is -0.318 e. The van der Waals surface area contributed by atoms with Crippen molar-refractivity contribution in [3.05, 3.63) is 35.2 Å². The quantitative estimate of drug-likeness (QED) is 0.909. The third kappa shape index (κ3) is 3.43.